The topological polar surface area (TPSA) is 69.5 Å². The number of hydrogen-bond donors (Lipinski definition) is 0. The summed E-state index contributed by atoms with van der Waals surface area (Å²) >= 11 is 0. The molecule has 0 saturated carbocycles. The molecule has 0 radical (unpaired) electrons. The number of aromatic nitrogens is 3. The number of rotatable bonds is 5. The third kappa shape index (κ3) is 3.41. The molecule has 0 atom stereocenters. The molecule has 4 rings (SSSR count). The quantitative estimate of drug-likeness (QED) is 0.662. The predicted molar refractivity (Wildman–Crippen MR) is 113 cm³/mol. The molecule has 0 unspecified atom stereocenters. The zero-order valence-corrected chi connectivity index (χ0v) is 17.4. The first kappa shape index (κ1) is 19.2. The van der Waals surface area contributed by atoms with Gasteiger partial charge in [-0.1, -0.05) is 6.92 Å². The monoisotopic (exact) mass is 394 g/mol. The van der Waals surface area contributed by atoms with Gasteiger partial charge in [0, 0.05) is 19.6 Å². The summed E-state index contributed by atoms with van der Waals surface area (Å²) in [6, 6.07) is 7.88. The van der Waals surface area contributed by atoms with Crippen LogP contribution in [0.3, 0.4) is 0 Å². The highest BCUT2D eigenvalue weighted by atomic mass is 16.5. The minimum Gasteiger partial charge on any atom is -0.493 e. The lowest BCUT2D eigenvalue weighted by molar-refractivity contribution is 0.353. The van der Waals surface area contributed by atoms with E-state index in [0.717, 1.165) is 49.8 Å². The predicted octanol–water partition coefficient (Wildman–Crippen LogP) is 3.09. The second-order valence-electron chi connectivity index (χ2n) is 7.30. The molecule has 0 bridgehead atoms. The Labute approximate surface area is 169 Å². The molecule has 2 aromatic heterocycles. The number of methoxy groups -OCH3 is 2. The van der Waals surface area contributed by atoms with Gasteiger partial charge in [0.2, 0.25) is 0 Å². The van der Waals surface area contributed by atoms with Gasteiger partial charge in [0.1, 0.15) is 17.3 Å². The van der Waals surface area contributed by atoms with Gasteiger partial charge in [-0.25, -0.2) is 4.98 Å². The summed E-state index contributed by atoms with van der Waals surface area (Å²) in [5, 5.41) is 0.566. The van der Waals surface area contributed by atoms with Gasteiger partial charge in [0.05, 0.1) is 19.6 Å². The van der Waals surface area contributed by atoms with E-state index < -0.39 is 0 Å². The highest BCUT2D eigenvalue weighted by Crippen LogP contribution is 2.34. The van der Waals surface area contributed by atoms with E-state index in [-0.39, 0.29) is 5.56 Å². The van der Waals surface area contributed by atoms with Gasteiger partial charge in [-0.3, -0.25) is 4.79 Å². The number of nitrogens with zero attached hydrogens (tertiary/aromatic N) is 4. The third-order valence-electron chi connectivity index (χ3n) is 5.49. The molecule has 152 valence electrons. The summed E-state index contributed by atoms with van der Waals surface area (Å²) in [5.74, 6) is 3.07. The van der Waals surface area contributed by atoms with Crippen molar-refractivity contribution in [3.63, 3.8) is 0 Å². The van der Waals surface area contributed by atoms with Crippen LogP contribution in [-0.2, 0) is 19.5 Å². The van der Waals surface area contributed by atoms with E-state index in [4.69, 9.17) is 14.5 Å². The summed E-state index contributed by atoms with van der Waals surface area (Å²) in [5.41, 5.74) is 2.96. The van der Waals surface area contributed by atoms with Crippen molar-refractivity contribution in [2.75, 3.05) is 25.7 Å². The van der Waals surface area contributed by atoms with Crippen LogP contribution in [0.2, 0.25) is 0 Å². The molecule has 0 amide bonds. The van der Waals surface area contributed by atoms with Gasteiger partial charge < -0.3 is 18.9 Å². The first-order chi connectivity index (χ1) is 14.0. The molecule has 1 aliphatic heterocycles. The van der Waals surface area contributed by atoms with Crippen LogP contribution in [0.5, 0.6) is 11.5 Å². The zero-order valence-electron chi connectivity index (χ0n) is 17.4. The van der Waals surface area contributed by atoms with Crippen molar-refractivity contribution in [3.05, 3.63) is 51.6 Å². The molecule has 0 aliphatic carbocycles. The first-order valence-corrected chi connectivity index (χ1v) is 9.92. The lowest BCUT2D eigenvalue weighted by atomic mass is 9.98. The minimum absolute atomic E-state index is 0.218. The molecule has 7 nitrogen and oxygen atoms in total. The summed E-state index contributed by atoms with van der Waals surface area (Å²) < 4.78 is 12.9. The lowest BCUT2D eigenvalue weighted by Crippen LogP contribution is -2.31. The Bertz CT molecular complexity index is 1120. The standard InChI is InChI=1S/C22H26N4O3/c1-5-9-26-14(2)23-22(27)17-6-7-20(24-21(17)26)25-10-8-15-11-18(28-3)19(29-4)12-16(15)13-25/h6-7,11-12H,5,8-10,13H2,1-4H3. The fourth-order valence-electron chi connectivity index (χ4n) is 3.98. The van der Waals surface area contributed by atoms with Crippen molar-refractivity contribution in [2.45, 2.75) is 39.8 Å². The Kier molecular flexibility index (Phi) is 5.13. The van der Waals surface area contributed by atoms with E-state index in [1.807, 2.05) is 29.7 Å². The highest BCUT2D eigenvalue weighted by Gasteiger charge is 2.21. The highest BCUT2D eigenvalue weighted by molar-refractivity contribution is 5.76. The van der Waals surface area contributed by atoms with Crippen molar-refractivity contribution in [2.24, 2.45) is 0 Å². The van der Waals surface area contributed by atoms with Crippen molar-refractivity contribution >= 4 is 16.9 Å². The van der Waals surface area contributed by atoms with Gasteiger partial charge in [-0.2, -0.15) is 4.98 Å². The first-order valence-electron chi connectivity index (χ1n) is 9.92. The maximum Gasteiger partial charge on any atom is 0.282 e. The normalized spacial score (nSPS) is 13.4. The SMILES string of the molecule is CCCn1c(C)nc(=O)c2ccc(N3CCc4cc(OC)c(OC)cc4C3)nc21. The molecular formula is C22H26N4O3. The minimum atomic E-state index is -0.218. The number of hydrogen-bond acceptors (Lipinski definition) is 6. The van der Waals surface area contributed by atoms with Crippen LogP contribution in [-0.4, -0.2) is 35.3 Å². The van der Waals surface area contributed by atoms with Crippen LogP contribution >= 0.6 is 0 Å². The van der Waals surface area contributed by atoms with E-state index in [9.17, 15) is 4.79 Å². The number of anilines is 1. The summed E-state index contributed by atoms with van der Waals surface area (Å²) in [6.07, 6.45) is 1.84. The fraction of sp³-hybridized carbons (Fsp3) is 0.409. The molecule has 0 saturated heterocycles. The fourth-order valence-corrected chi connectivity index (χ4v) is 3.98. The lowest BCUT2D eigenvalue weighted by Gasteiger charge is -2.30. The Hall–Kier alpha value is -3.09. The van der Waals surface area contributed by atoms with Crippen molar-refractivity contribution < 1.29 is 9.47 Å². The zero-order chi connectivity index (χ0) is 20.5. The number of aryl methyl sites for hydroxylation is 2. The Balaban J connectivity index is 1.74. The average molecular weight is 394 g/mol. The average Bonchev–Trinajstić information content (AvgIpc) is 2.74. The molecule has 7 heteroatoms. The smallest absolute Gasteiger partial charge is 0.282 e. The van der Waals surface area contributed by atoms with Crippen LogP contribution in [0.4, 0.5) is 5.82 Å². The molecule has 3 aromatic rings. The number of fused-ring (bicyclic) bond motifs is 2. The number of ether oxygens (including phenoxy) is 2. The number of benzene rings is 1. The Morgan fingerprint density at radius 3 is 2.48 bits per heavy atom. The largest absolute Gasteiger partial charge is 0.493 e. The molecular weight excluding hydrogens is 368 g/mol. The van der Waals surface area contributed by atoms with Crippen LogP contribution < -0.4 is 19.9 Å². The maximum absolute atomic E-state index is 12.3. The van der Waals surface area contributed by atoms with Gasteiger partial charge in [-0.05, 0) is 55.2 Å². The molecule has 29 heavy (non-hydrogen) atoms. The maximum atomic E-state index is 12.3. The third-order valence-corrected chi connectivity index (χ3v) is 5.49. The Morgan fingerprint density at radius 1 is 1.07 bits per heavy atom. The second-order valence-corrected chi connectivity index (χ2v) is 7.30. The summed E-state index contributed by atoms with van der Waals surface area (Å²) in [7, 11) is 3.31. The van der Waals surface area contributed by atoms with Crippen molar-refractivity contribution in [1.82, 2.24) is 14.5 Å². The van der Waals surface area contributed by atoms with E-state index >= 15 is 0 Å². The van der Waals surface area contributed by atoms with Crippen molar-refractivity contribution in [1.29, 1.82) is 0 Å². The second kappa shape index (κ2) is 7.73. The van der Waals surface area contributed by atoms with Crippen LogP contribution in [0.15, 0.2) is 29.1 Å². The molecule has 0 N–H and O–H groups in total. The van der Waals surface area contributed by atoms with Crippen LogP contribution in [0.1, 0.15) is 30.3 Å². The van der Waals surface area contributed by atoms with Crippen LogP contribution in [0.25, 0.3) is 11.0 Å². The van der Waals surface area contributed by atoms with Crippen LogP contribution in [0, 0.1) is 6.92 Å². The van der Waals surface area contributed by atoms with E-state index in [1.54, 1.807) is 14.2 Å². The van der Waals surface area contributed by atoms with Crippen molar-refractivity contribution in [3.8, 4) is 11.5 Å². The summed E-state index contributed by atoms with van der Waals surface area (Å²) in [4.78, 5) is 23.6. The molecule has 3 heterocycles. The molecule has 0 spiro atoms. The van der Waals surface area contributed by atoms with Gasteiger partial charge in [-0.15, -0.1) is 0 Å². The Morgan fingerprint density at radius 2 is 1.79 bits per heavy atom. The van der Waals surface area contributed by atoms with Gasteiger partial charge >= 0.3 is 0 Å². The van der Waals surface area contributed by atoms with Gasteiger partial charge in [0.15, 0.2) is 11.5 Å². The van der Waals surface area contributed by atoms with E-state index in [0.29, 0.717) is 16.9 Å². The van der Waals surface area contributed by atoms with E-state index in [1.165, 1.54) is 11.1 Å². The summed E-state index contributed by atoms with van der Waals surface area (Å²) in [6.45, 7) is 6.34. The van der Waals surface area contributed by atoms with Gasteiger partial charge in [0.25, 0.3) is 5.56 Å². The molecule has 1 aromatic carbocycles. The molecule has 0 fully saturated rings. The molecule has 1 aliphatic rings. The van der Waals surface area contributed by atoms with E-state index in [2.05, 4.69) is 22.9 Å². The number of pyridine rings is 1.